The fraction of sp³-hybridized carbons (Fsp3) is 0.579. The molecule has 118 valence electrons. The molecule has 1 saturated heterocycles. The molecule has 22 heavy (non-hydrogen) atoms. The van der Waals surface area contributed by atoms with E-state index >= 15 is 0 Å². The van der Waals surface area contributed by atoms with Gasteiger partial charge in [-0.3, -0.25) is 5.32 Å². The minimum absolute atomic E-state index is 0.234. The first kappa shape index (κ1) is 14.3. The Kier molecular flexibility index (Phi) is 3.50. The molecule has 0 saturated carbocycles. The van der Waals surface area contributed by atoms with Gasteiger partial charge in [-0.15, -0.1) is 0 Å². The summed E-state index contributed by atoms with van der Waals surface area (Å²) in [5.74, 6) is 0. The van der Waals surface area contributed by atoms with Gasteiger partial charge >= 0.3 is 0 Å². The predicted molar refractivity (Wildman–Crippen MR) is 90.0 cm³/mol. The van der Waals surface area contributed by atoms with E-state index in [1.807, 2.05) is 0 Å². The number of aliphatic hydroxyl groups excluding tert-OH is 1. The molecule has 2 unspecified atom stereocenters. The van der Waals surface area contributed by atoms with E-state index < -0.39 is 0 Å². The van der Waals surface area contributed by atoms with E-state index in [0.29, 0.717) is 11.6 Å². The van der Waals surface area contributed by atoms with E-state index in [1.54, 1.807) is 0 Å². The van der Waals surface area contributed by atoms with Crippen LogP contribution in [0.15, 0.2) is 24.3 Å². The Bertz CT molecular complexity index is 690. The second-order valence-corrected chi connectivity index (χ2v) is 6.96. The molecule has 3 nitrogen and oxygen atoms in total. The maximum Gasteiger partial charge on any atom is 0.0899 e. The predicted octanol–water partition coefficient (Wildman–Crippen LogP) is 3.40. The van der Waals surface area contributed by atoms with Crippen LogP contribution in [0.1, 0.15) is 50.0 Å². The van der Waals surface area contributed by atoms with E-state index in [9.17, 15) is 5.11 Å². The minimum Gasteiger partial charge on any atom is -0.396 e. The van der Waals surface area contributed by atoms with Gasteiger partial charge in [-0.05, 0) is 56.7 Å². The summed E-state index contributed by atoms with van der Waals surface area (Å²) in [7, 11) is 0. The number of benzene rings is 1. The maximum absolute atomic E-state index is 9.50. The summed E-state index contributed by atoms with van der Waals surface area (Å²) in [4.78, 5) is 0. The summed E-state index contributed by atoms with van der Waals surface area (Å²) in [5.41, 5.74) is 4.58. The zero-order valence-corrected chi connectivity index (χ0v) is 13.4. The molecule has 3 heteroatoms. The van der Waals surface area contributed by atoms with Crippen molar-refractivity contribution in [3.63, 3.8) is 0 Å². The third kappa shape index (κ3) is 1.88. The van der Waals surface area contributed by atoms with Crippen LogP contribution in [0, 0.1) is 5.41 Å². The van der Waals surface area contributed by atoms with E-state index in [0.717, 1.165) is 19.4 Å². The Labute approximate surface area is 132 Å². The number of piperidine rings is 1. The highest BCUT2D eigenvalue weighted by Crippen LogP contribution is 2.50. The number of fused-ring (bicyclic) bond motifs is 5. The lowest BCUT2D eigenvalue weighted by Gasteiger charge is -2.49. The number of para-hydroxylation sites is 1. The molecule has 2 aromatic rings. The molecule has 2 aliphatic rings. The van der Waals surface area contributed by atoms with Crippen LogP contribution in [0.25, 0.3) is 10.9 Å². The molecule has 2 aliphatic heterocycles. The highest BCUT2D eigenvalue weighted by molar-refractivity contribution is 5.86. The first-order valence-corrected chi connectivity index (χ1v) is 8.75. The van der Waals surface area contributed by atoms with E-state index in [4.69, 9.17) is 0 Å². The summed E-state index contributed by atoms with van der Waals surface area (Å²) in [6.07, 6.45) is 7.49. The topological polar surface area (TPSA) is 37.2 Å². The van der Waals surface area contributed by atoms with Gasteiger partial charge in [-0.1, -0.05) is 25.1 Å². The van der Waals surface area contributed by atoms with Crippen molar-refractivity contribution < 1.29 is 5.11 Å². The molecule has 0 aliphatic carbocycles. The van der Waals surface area contributed by atoms with E-state index in [2.05, 4.69) is 41.1 Å². The van der Waals surface area contributed by atoms with Crippen LogP contribution in [0.4, 0.5) is 0 Å². The van der Waals surface area contributed by atoms with Crippen LogP contribution in [-0.4, -0.2) is 22.8 Å². The van der Waals surface area contributed by atoms with Gasteiger partial charge in [0, 0.05) is 28.6 Å². The normalized spacial score (nSPS) is 27.6. The van der Waals surface area contributed by atoms with Crippen molar-refractivity contribution in [3.05, 3.63) is 35.5 Å². The van der Waals surface area contributed by atoms with Gasteiger partial charge < -0.3 is 9.67 Å². The molecule has 2 N–H and O–H groups in total. The Balaban J connectivity index is 1.95. The third-order valence-corrected chi connectivity index (χ3v) is 6.08. The number of hydrogen-bond donors (Lipinski definition) is 2. The van der Waals surface area contributed by atoms with Crippen LogP contribution in [-0.2, 0) is 12.8 Å². The Morgan fingerprint density at radius 2 is 2.18 bits per heavy atom. The second-order valence-electron chi connectivity index (χ2n) is 6.96. The number of hydrogen-bond acceptors (Lipinski definition) is 2. The second kappa shape index (κ2) is 5.39. The van der Waals surface area contributed by atoms with Crippen molar-refractivity contribution in [2.45, 2.75) is 51.6 Å². The lowest BCUT2D eigenvalue weighted by atomic mass is 9.69. The molecule has 0 amide bonds. The summed E-state index contributed by atoms with van der Waals surface area (Å²) in [5, 5.41) is 14.7. The van der Waals surface area contributed by atoms with Crippen molar-refractivity contribution in [2.24, 2.45) is 5.41 Å². The molecule has 0 spiro atoms. The molecule has 2 atom stereocenters. The fourth-order valence-corrected chi connectivity index (χ4v) is 4.92. The number of nitrogens with one attached hydrogen (secondary N) is 1. The van der Waals surface area contributed by atoms with Gasteiger partial charge in [0.1, 0.15) is 0 Å². The first-order valence-electron chi connectivity index (χ1n) is 8.75. The molecule has 3 heterocycles. The minimum atomic E-state index is 0.234. The summed E-state index contributed by atoms with van der Waals surface area (Å²) < 4.78 is 2.58. The fourth-order valence-electron chi connectivity index (χ4n) is 4.92. The smallest absolute Gasteiger partial charge is 0.0899 e. The molecular weight excluding hydrogens is 272 g/mol. The molecule has 4 rings (SSSR count). The van der Waals surface area contributed by atoms with Crippen molar-refractivity contribution in [1.82, 2.24) is 9.88 Å². The van der Waals surface area contributed by atoms with E-state index in [1.165, 1.54) is 47.8 Å². The molecule has 1 aromatic heterocycles. The average molecular weight is 298 g/mol. The summed E-state index contributed by atoms with van der Waals surface area (Å²) in [6.45, 7) is 3.71. The van der Waals surface area contributed by atoms with Gasteiger partial charge in [0.15, 0.2) is 0 Å². The highest BCUT2D eigenvalue weighted by Gasteiger charge is 2.44. The highest BCUT2D eigenvalue weighted by atomic mass is 16.2. The number of aliphatic hydroxyl groups is 1. The van der Waals surface area contributed by atoms with E-state index in [-0.39, 0.29) is 6.61 Å². The first-order chi connectivity index (χ1) is 10.8. The lowest BCUT2D eigenvalue weighted by Crippen LogP contribution is -2.49. The quantitative estimate of drug-likeness (QED) is 0.911. The average Bonchev–Trinajstić information content (AvgIpc) is 2.90. The monoisotopic (exact) mass is 298 g/mol. The largest absolute Gasteiger partial charge is 0.396 e. The zero-order valence-electron chi connectivity index (χ0n) is 13.4. The van der Waals surface area contributed by atoms with Crippen LogP contribution in [0.5, 0.6) is 0 Å². The molecule has 1 fully saturated rings. The van der Waals surface area contributed by atoms with Crippen LogP contribution < -0.4 is 5.32 Å². The Morgan fingerprint density at radius 3 is 3.00 bits per heavy atom. The van der Waals surface area contributed by atoms with Crippen LogP contribution in [0.2, 0.25) is 0 Å². The van der Waals surface area contributed by atoms with Crippen molar-refractivity contribution in [3.8, 4) is 0 Å². The SMILES string of the molecule is CCC12CCCNC1n1c(c(CCO)c3ccccc31)CC2. The van der Waals surface area contributed by atoms with Gasteiger partial charge in [-0.25, -0.2) is 0 Å². The molecule has 1 aromatic carbocycles. The Morgan fingerprint density at radius 1 is 1.32 bits per heavy atom. The van der Waals surface area contributed by atoms with Gasteiger partial charge in [0.25, 0.3) is 0 Å². The van der Waals surface area contributed by atoms with Crippen LogP contribution in [0.3, 0.4) is 0 Å². The standard InChI is InChI=1S/C19H26N2O/c1-2-19-10-5-12-20-18(19)21-16-7-4-3-6-14(16)15(9-13-22)17(21)8-11-19/h3-4,6-7,18,20,22H,2,5,8-13H2,1H3. The number of nitrogens with zero attached hydrogens (tertiary/aromatic N) is 1. The lowest BCUT2D eigenvalue weighted by molar-refractivity contribution is 0.0530. The summed E-state index contributed by atoms with van der Waals surface area (Å²) in [6, 6.07) is 8.74. The van der Waals surface area contributed by atoms with Gasteiger partial charge in [-0.2, -0.15) is 0 Å². The molecular formula is C19H26N2O. The van der Waals surface area contributed by atoms with Crippen molar-refractivity contribution in [1.29, 1.82) is 0 Å². The van der Waals surface area contributed by atoms with Gasteiger partial charge in [0.2, 0.25) is 0 Å². The van der Waals surface area contributed by atoms with Crippen molar-refractivity contribution >= 4 is 10.9 Å². The number of rotatable bonds is 3. The number of aromatic nitrogens is 1. The molecule has 0 radical (unpaired) electrons. The zero-order chi connectivity index (χ0) is 15.2. The van der Waals surface area contributed by atoms with Gasteiger partial charge in [0.05, 0.1) is 6.17 Å². The summed E-state index contributed by atoms with van der Waals surface area (Å²) >= 11 is 0. The Hall–Kier alpha value is -1.32. The van der Waals surface area contributed by atoms with Crippen LogP contribution >= 0.6 is 0 Å². The van der Waals surface area contributed by atoms with Crippen molar-refractivity contribution in [2.75, 3.05) is 13.2 Å². The third-order valence-electron chi connectivity index (χ3n) is 6.08. The maximum atomic E-state index is 9.50. The molecule has 0 bridgehead atoms.